The van der Waals surface area contributed by atoms with Crippen molar-refractivity contribution in [3.05, 3.63) is 28.0 Å². The van der Waals surface area contributed by atoms with Crippen LogP contribution in [-0.2, 0) is 16.1 Å². The quantitative estimate of drug-likeness (QED) is 0.814. The smallest absolute Gasteiger partial charge is 0.328 e. The number of likely N-dealkylation sites (tertiary alicyclic amines) is 1. The number of aliphatic carboxylic acids is 1. The van der Waals surface area contributed by atoms with Gasteiger partial charge in [-0.1, -0.05) is 0 Å². The summed E-state index contributed by atoms with van der Waals surface area (Å²) in [6, 6.07) is 1.92. The lowest BCUT2D eigenvalue weighted by Crippen LogP contribution is -2.39. The summed E-state index contributed by atoms with van der Waals surface area (Å²) < 4.78 is 0. The summed E-state index contributed by atoms with van der Waals surface area (Å²) in [5.41, 5.74) is 0.610. The highest BCUT2D eigenvalue weighted by molar-refractivity contribution is 7.10. The molecule has 2 N–H and O–H groups in total. The zero-order valence-corrected chi connectivity index (χ0v) is 13.1. The van der Waals surface area contributed by atoms with Gasteiger partial charge in [-0.3, -0.25) is 9.69 Å². The summed E-state index contributed by atoms with van der Waals surface area (Å²) in [4.78, 5) is 25.9. The van der Waals surface area contributed by atoms with E-state index in [1.165, 1.54) is 0 Å². The summed E-state index contributed by atoms with van der Waals surface area (Å²) in [5.74, 6) is -0.859. The van der Waals surface area contributed by atoms with Crippen molar-refractivity contribution < 1.29 is 14.7 Å². The Bertz CT molecular complexity index is 567. The van der Waals surface area contributed by atoms with Crippen LogP contribution in [0.5, 0.6) is 0 Å². The highest BCUT2D eigenvalue weighted by Crippen LogP contribution is 2.32. The van der Waals surface area contributed by atoms with Gasteiger partial charge in [0.1, 0.15) is 0 Å². The van der Waals surface area contributed by atoms with Crippen molar-refractivity contribution in [1.82, 2.24) is 10.2 Å². The third-order valence-electron chi connectivity index (χ3n) is 3.88. The van der Waals surface area contributed by atoms with Crippen LogP contribution in [0.4, 0.5) is 0 Å². The highest BCUT2D eigenvalue weighted by atomic mass is 32.1. The lowest BCUT2D eigenvalue weighted by Gasteiger charge is -2.22. The molecule has 1 amide bonds. The molecule has 1 unspecified atom stereocenters. The van der Waals surface area contributed by atoms with E-state index in [-0.39, 0.29) is 11.3 Å². The van der Waals surface area contributed by atoms with Crippen molar-refractivity contribution in [1.29, 1.82) is 0 Å². The molecule has 1 atom stereocenters. The molecule has 0 radical (unpaired) electrons. The van der Waals surface area contributed by atoms with Crippen LogP contribution in [0.1, 0.15) is 23.8 Å². The van der Waals surface area contributed by atoms with Crippen LogP contribution < -0.4 is 5.32 Å². The number of nitrogens with one attached hydrogen (secondary N) is 1. The van der Waals surface area contributed by atoms with Gasteiger partial charge in [0.15, 0.2) is 0 Å². The van der Waals surface area contributed by atoms with Crippen molar-refractivity contribution in [3.63, 3.8) is 0 Å². The fourth-order valence-electron chi connectivity index (χ4n) is 2.67. The molecule has 0 bridgehead atoms. The van der Waals surface area contributed by atoms with Crippen LogP contribution in [0, 0.1) is 5.41 Å². The molecule has 0 saturated carbocycles. The van der Waals surface area contributed by atoms with E-state index in [0.29, 0.717) is 0 Å². The topological polar surface area (TPSA) is 69.6 Å². The second-order valence-corrected chi connectivity index (χ2v) is 6.57. The van der Waals surface area contributed by atoms with E-state index in [0.717, 1.165) is 42.6 Å². The predicted octanol–water partition coefficient (Wildman–Crippen LogP) is 1.80. The maximum absolute atomic E-state index is 11.9. The van der Waals surface area contributed by atoms with Crippen LogP contribution in [0.3, 0.4) is 0 Å². The van der Waals surface area contributed by atoms with Crippen molar-refractivity contribution in [2.24, 2.45) is 5.41 Å². The molecule has 1 aliphatic heterocycles. The number of carboxylic acid groups (broad SMARTS) is 1. The van der Waals surface area contributed by atoms with Gasteiger partial charge in [-0.25, -0.2) is 4.79 Å². The van der Waals surface area contributed by atoms with Gasteiger partial charge in [-0.2, -0.15) is 0 Å². The van der Waals surface area contributed by atoms with Crippen molar-refractivity contribution in [2.75, 3.05) is 20.1 Å². The van der Waals surface area contributed by atoms with Gasteiger partial charge < -0.3 is 10.4 Å². The Morgan fingerprint density at radius 2 is 2.33 bits per heavy atom. The minimum atomic E-state index is -0.944. The van der Waals surface area contributed by atoms with Crippen molar-refractivity contribution >= 4 is 29.3 Å². The molecule has 1 aliphatic rings. The first-order chi connectivity index (χ1) is 9.94. The van der Waals surface area contributed by atoms with Crippen molar-refractivity contribution in [3.8, 4) is 0 Å². The molecule has 0 spiro atoms. The van der Waals surface area contributed by atoms with Crippen LogP contribution >= 0.6 is 11.3 Å². The Kier molecular flexibility index (Phi) is 4.80. The number of nitrogens with zero attached hydrogens (tertiary/aromatic N) is 1. The summed E-state index contributed by atoms with van der Waals surface area (Å²) in [5, 5.41) is 13.4. The number of rotatable bonds is 5. The predicted molar refractivity (Wildman–Crippen MR) is 83.1 cm³/mol. The number of thiophene rings is 1. The molecule has 0 aliphatic carbocycles. The first-order valence-corrected chi connectivity index (χ1v) is 7.74. The monoisotopic (exact) mass is 308 g/mol. The first-order valence-electron chi connectivity index (χ1n) is 6.86. The van der Waals surface area contributed by atoms with Gasteiger partial charge in [0, 0.05) is 31.1 Å². The minimum absolute atomic E-state index is 0.0853. The first kappa shape index (κ1) is 15.7. The highest BCUT2D eigenvalue weighted by Gasteiger charge is 2.39. The second kappa shape index (κ2) is 6.41. The molecule has 114 valence electrons. The van der Waals surface area contributed by atoms with Crippen LogP contribution in [0.15, 0.2) is 17.5 Å². The van der Waals surface area contributed by atoms with Gasteiger partial charge in [-0.05, 0) is 43.0 Å². The van der Waals surface area contributed by atoms with Gasteiger partial charge in [0.25, 0.3) is 0 Å². The molecule has 1 aromatic heterocycles. The lowest BCUT2D eigenvalue weighted by atomic mass is 9.89. The second-order valence-electron chi connectivity index (χ2n) is 5.57. The number of carbonyl (C=O) groups excluding carboxylic acids is 1. The van der Waals surface area contributed by atoms with Gasteiger partial charge >= 0.3 is 5.97 Å². The van der Waals surface area contributed by atoms with E-state index in [1.807, 2.05) is 18.4 Å². The van der Waals surface area contributed by atoms with Crippen molar-refractivity contribution in [2.45, 2.75) is 19.9 Å². The third-order valence-corrected chi connectivity index (χ3v) is 4.80. The van der Waals surface area contributed by atoms with Crippen LogP contribution in [0.2, 0.25) is 0 Å². The molecule has 2 rings (SSSR count). The summed E-state index contributed by atoms with van der Waals surface area (Å²) in [6.45, 7) is 4.35. The Morgan fingerprint density at radius 3 is 3.00 bits per heavy atom. The number of carboxylic acids is 1. The largest absolute Gasteiger partial charge is 0.478 e. The summed E-state index contributed by atoms with van der Waals surface area (Å²) in [7, 11) is 1.67. The lowest BCUT2D eigenvalue weighted by molar-refractivity contribution is -0.131. The van der Waals surface area contributed by atoms with Gasteiger partial charge in [0.2, 0.25) is 5.91 Å². The maximum Gasteiger partial charge on any atom is 0.328 e. The zero-order valence-electron chi connectivity index (χ0n) is 12.3. The maximum atomic E-state index is 11.9. The van der Waals surface area contributed by atoms with Gasteiger partial charge in [0.05, 0.1) is 5.41 Å². The Balaban J connectivity index is 2.03. The van der Waals surface area contributed by atoms with E-state index in [9.17, 15) is 9.59 Å². The normalized spacial score (nSPS) is 22.8. The van der Waals surface area contributed by atoms with E-state index in [4.69, 9.17) is 5.11 Å². The molecular weight excluding hydrogens is 288 g/mol. The van der Waals surface area contributed by atoms with E-state index in [1.54, 1.807) is 24.5 Å². The average molecular weight is 308 g/mol. The minimum Gasteiger partial charge on any atom is -0.478 e. The number of hydrogen-bond donors (Lipinski definition) is 2. The Hall–Kier alpha value is -1.66. The SMILES string of the molecule is CNC(=O)C1(C)CCN(Cc2sccc2/C=C/C(=O)O)C1. The molecule has 1 aromatic rings. The molecule has 1 fully saturated rings. The molecule has 2 heterocycles. The fraction of sp³-hybridized carbons (Fsp3) is 0.467. The van der Waals surface area contributed by atoms with Crippen LogP contribution in [-0.4, -0.2) is 42.0 Å². The average Bonchev–Trinajstić information content (AvgIpc) is 3.04. The van der Waals surface area contributed by atoms with Gasteiger partial charge in [-0.15, -0.1) is 11.3 Å². The molecule has 1 saturated heterocycles. The standard InChI is InChI=1S/C15H20N2O3S/c1-15(14(20)16-2)6-7-17(10-15)9-12-11(5-8-21-12)3-4-13(18)19/h3-5,8H,6-7,9-10H2,1-2H3,(H,16,20)(H,18,19)/b4-3+. The Labute approximate surface area is 128 Å². The molecule has 5 nitrogen and oxygen atoms in total. The number of hydrogen-bond acceptors (Lipinski definition) is 4. The zero-order chi connectivity index (χ0) is 15.5. The molecule has 0 aromatic carbocycles. The molecule has 6 heteroatoms. The number of carbonyl (C=O) groups is 2. The summed E-state index contributed by atoms with van der Waals surface area (Å²) >= 11 is 1.62. The van der Waals surface area contributed by atoms with E-state index in [2.05, 4.69) is 10.2 Å². The fourth-order valence-corrected chi connectivity index (χ4v) is 3.58. The summed E-state index contributed by atoms with van der Waals surface area (Å²) in [6.07, 6.45) is 3.63. The number of amides is 1. The van der Waals surface area contributed by atoms with E-state index < -0.39 is 5.97 Å². The van der Waals surface area contributed by atoms with E-state index >= 15 is 0 Å². The Morgan fingerprint density at radius 1 is 1.57 bits per heavy atom. The van der Waals surface area contributed by atoms with Crippen LogP contribution in [0.25, 0.3) is 6.08 Å². The molecular formula is C15H20N2O3S. The third kappa shape index (κ3) is 3.71. The molecule has 21 heavy (non-hydrogen) atoms.